The summed E-state index contributed by atoms with van der Waals surface area (Å²) in [6, 6.07) is 3.55. The van der Waals surface area contributed by atoms with E-state index >= 15 is 0 Å². The van der Waals surface area contributed by atoms with Gasteiger partial charge in [-0.1, -0.05) is 0 Å². The van der Waals surface area contributed by atoms with Crippen LogP contribution in [-0.4, -0.2) is 54.8 Å². The zero-order chi connectivity index (χ0) is 15.4. The maximum atomic E-state index is 12.4. The van der Waals surface area contributed by atoms with E-state index in [2.05, 4.69) is 4.98 Å². The molecule has 2 aliphatic heterocycles. The van der Waals surface area contributed by atoms with Gasteiger partial charge in [0.2, 0.25) is 0 Å². The Morgan fingerprint density at radius 1 is 1.41 bits per heavy atom. The predicted molar refractivity (Wildman–Crippen MR) is 82.7 cm³/mol. The Hall–Kier alpha value is -1.46. The molecule has 5 nitrogen and oxygen atoms in total. The molecule has 0 radical (unpaired) electrons. The van der Waals surface area contributed by atoms with Crippen molar-refractivity contribution in [1.82, 2.24) is 9.88 Å². The second kappa shape index (κ2) is 6.75. The number of piperidine rings is 1. The number of carbonyl (C=O) groups excluding carboxylic acids is 1. The van der Waals surface area contributed by atoms with Gasteiger partial charge in [0.1, 0.15) is 0 Å². The molecule has 2 aliphatic rings. The molecule has 120 valence electrons. The molecule has 1 amide bonds. The van der Waals surface area contributed by atoms with Gasteiger partial charge in [-0.3, -0.25) is 9.78 Å². The molecular weight excluding hydrogens is 280 g/mol. The maximum absolute atomic E-state index is 12.4. The van der Waals surface area contributed by atoms with E-state index < -0.39 is 0 Å². The first-order valence-corrected chi connectivity index (χ1v) is 8.05. The molecule has 2 fully saturated rings. The van der Waals surface area contributed by atoms with Crippen molar-refractivity contribution in [2.24, 2.45) is 5.92 Å². The van der Waals surface area contributed by atoms with Crippen LogP contribution in [0.2, 0.25) is 0 Å². The normalized spacial score (nSPS) is 23.9. The van der Waals surface area contributed by atoms with Crippen LogP contribution in [0.15, 0.2) is 24.5 Å². The van der Waals surface area contributed by atoms with Gasteiger partial charge in [-0.25, -0.2) is 0 Å². The first kappa shape index (κ1) is 15.4. The molecule has 22 heavy (non-hydrogen) atoms. The summed E-state index contributed by atoms with van der Waals surface area (Å²) in [4.78, 5) is 18.3. The van der Waals surface area contributed by atoms with E-state index in [1.807, 2.05) is 4.90 Å². The minimum atomic E-state index is -0.00652. The zero-order valence-electron chi connectivity index (χ0n) is 13.2. The molecule has 3 heterocycles. The minimum absolute atomic E-state index is 0.00652. The van der Waals surface area contributed by atoms with Gasteiger partial charge in [0.05, 0.1) is 12.2 Å². The average Bonchev–Trinajstić information content (AvgIpc) is 2.96. The van der Waals surface area contributed by atoms with Crippen LogP contribution in [0.1, 0.15) is 36.0 Å². The third kappa shape index (κ3) is 3.31. The van der Waals surface area contributed by atoms with Crippen LogP contribution in [0.3, 0.4) is 0 Å². The molecule has 3 rings (SSSR count). The molecule has 0 N–H and O–H groups in total. The molecule has 0 bridgehead atoms. The van der Waals surface area contributed by atoms with E-state index in [0.29, 0.717) is 5.92 Å². The lowest BCUT2D eigenvalue weighted by Crippen LogP contribution is -2.46. The second-order valence-electron chi connectivity index (χ2n) is 6.37. The number of methoxy groups -OCH3 is 1. The number of nitrogens with zero attached hydrogens (tertiary/aromatic N) is 2. The van der Waals surface area contributed by atoms with Crippen LogP contribution in [0, 0.1) is 5.92 Å². The van der Waals surface area contributed by atoms with Crippen molar-refractivity contribution in [3.05, 3.63) is 30.1 Å². The van der Waals surface area contributed by atoms with Crippen molar-refractivity contribution in [2.45, 2.75) is 31.3 Å². The maximum Gasteiger partial charge on any atom is 0.253 e. The summed E-state index contributed by atoms with van der Waals surface area (Å²) in [5.41, 5.74) is 0.712. The highest BCUT2D eigenvalue weighted by atomic mass is 16.5. The van der Waals surface area contributed by atoms with E-state index in [-0.39, 0.29) is 11.5 Å². The Balaban J connectivity index is 1.54. The minimum Gasteiger partial charge on any atom is -0.385 e. The smallest absolute Gasteiger partial charge is 0.253 e. The number of likely N-dealkylation sites (tertiary alicyclic amines) is 1. The van der Waals surface area contributed by atoms with E-state index in [4.69, 9.17) is 9.47 Å². The van der Waals surface area contributed by atoms with Crippen LogP contribution < -0.4 is 0 Å². The Morgan fingerprint density at radius 2 is 2.14 bits per heavy atom. The standard InChI is InChI=1S/C17H24N2O3/c1-21-11-4-14-12-17(22-13-14)5-9-19(10-6-17)16(20)15-2-7-18-8-3-15/h2-3,7-8,14H,4-6,9-13H2,1H3/t14-/m1/s1. The van der Waals surface area contributed by atoms with Crippen molar-refractivity contribution >= 4 is 5.91 Å². The molecule has 2 saturated heterocycles. The van der Waals surface area contributed by atoms with Gasteiger partial charge in [0.15, 0.2) is 0 Å². The van der Waals surface area contributed by atoms with Crippen LogP contribution >= 0.6 is 0 Å². The number of carbonyl (C=O) groups is 1. The van der Waals surface area contributed by atoms with Crippen molar-refractivity contribution in [3.63, 3.8) is 0 Å². The van der Waals surface area contributed by atoms with Crippen LogP contribution in [0.4, 0.5) is 0 Å². The largest absolute Gasteiger partial charge is 0.385 e. The Labute approximate surface area is 131 Å². The third-order valence-electron chi connectivity index (χ3n) is 4.91. The first-order chi connectivity index (χ1) is 10.7. The second-order valence-corrected chi connectivity index (χ2v) is 6.37. The summed E-state index contributed by atoms with van der Waals surface area (Å²) in [5, 5.41) is 0. The number of hydrogen-bond donors (Lipinski definition) is 0. The average molecular weight is 304 g/mol. The molecule has 0 aromatic carbocycles. The summed E-state index contributed by atoms with van der Waals surface area (Å²) in [6.45, 7) is 3.19. The molecule has 0 saturated carbocycles. The Morgan fingerprint density at radius 3 is 2.82 bits per heavy atom. The predicted octanol–water partition coefficient (Wildman–Crippen LogP) is 2.13. The quantitative estimate of drug-likeness (QED) is 0.855. The molecule has 0 unspecified atom stereocenters. The van der Waals surface area contributed by atoms with E-state index in [1.54, 1.807) is 31.6 Å². The van der Waals surface area contributed by atoms with E-state index in [9.17, 15) is 4.79 Å². The fourth-order valence-corrected chi connectivity index (χ4v) is 3.55. The molecule has 0 aliphatic carbocycles. The molecule has 1 spiro atoms. The van der Waals surface area contributed by atoms with Gasteiger partial charge in [-0.15, -0.1) is 0 Å². The molecule has 1 atom stereocenters. The zero-order valence-corrected chi connectivity index (χ0v) is 13.2. The summed E-state index contributed by atoms with van der Waals surface area (Å²) < 4.78 is 11.3. The van der Waals surface area contributed by atoms with Gasteiger partial charge in [-0.2, -0.15) is 0 Å². The van der Waals surface area contributed by atoms with Crippen LogP contribution in [0.25, 0.3) is 0 Å². The van der Waals surface area contributed by atoms with Crippen molar-refractivity contribution < 1.29 is 14.3 Å². The highest BCUT2D eigenvalue weighted by Gasteiger charge is 2.43. The lowest BCUT2D eigenvalue weighted by molar-refractivity contribution is -0.0392. The van der Waals surface area contributed by atoms with E-state index in [0.717, 1.165) is 57.6 Å². The third-order valence-corrected chi connectivity index (χ3v) is 4.91. The SMILES string of the molecule is COCC[C@H]1COC2(CCN(C(=O)c3ccncc3)CC2)C1. The van der Waals surface area contributed by atoms with Gasteiger partial charge in [-0.05, 0) is 43.7 Å². The summed E-state index contributed by atoms with van der Waals surface area (Å²) >= 11 is 0. The monoisotopic (exact) mass is 304 g/mol. The number of hydrogen-bond acceptors (Lipinski definition) is 4. The highest BCUT2D eigenvalue weighted by Crippen LogP contribution is 2.39. The molecule has 1 aromatic rings. The number of rotatable bonds is 4. The Bertz CT molecular complexity index is 498. The van der Waals surface area contributed by atoms with Crippen LogP contribution in [-0.2, 0) is 9.47 Å². The van der Waals surface area contributed by atoms with Crippen molar-refractivity contribution in [2.75, 3.05) is 33.4 Å². The number of amides is 1. The van der Waals surface area contributed by atoms with Gasteiger partial charge >= 0.3 is 0 Å². The number of ether oxygens (including phenoxy) is 2. The number of pyridine rings is 1. The van der Waals surface area contributed by atoms with E-state index in [1.165, 1.54) is 0 Å². The first-order valence-electron chi connectivity index (χ1n) is 8.05. The highest BCUT2D eigenvalue weighted by molar-refractivity contribution is 5.94. The lowest BCUT2D eigenvalue weighted by atomic mass is 9.84. The molecule has 1 aromatic heterocycles. The topological polar surface area (TPSA) is 51.7 Å². The fraction of sp³-hybridized carbons (Fsp3) is 0.647. The summed E-state index contributed by atoms with van der Waals surface area (Å²) in [5.74, 6) is 0.702. The Kier molecular flexibility index (Phi) is 4.74. The lowest BCUT2D eigenvalue weighted by Gasteiger charge is -2.38. The fourth-order valence-electron chi connectivity index (χ4n) is 3.55. The van der Waals surface area contributed by atoms with Gasteiger partial charge in [0.25, 0.3) is 5.91 Å². The number of aromatic nitrogens is 1. The van der Waals surface area contributed by atoms with Crippen molar-refractivity contribution in [1.29, 1.82) is 0 Å². The van der Waals surface area contributed by atoms with Crippen LogP contribution in [0.5, 0.6) is 0 Å². The molecule has 5 heteroatoms. The van der Waals surface area contributed by atoms with Gasteiger partial charge in [0, 0.05) is 44.8 Å². The van der Waals surface area contributed by atoms with Gasteiger partial charge < -0.3 is 14.4 Å². The summed E-state index contributed by atoms with van der Waals surface area (Å²) in [6.07, 6.45) is 7.38. The summed E-state index contributed by atoms with van der Waals surface area (Å²) in [7, 11) is 1.74. The van der Waals surface area contributed by atoms with Crippen molar-refractivity contribution in [3.8, 4) is 0 Å². The molecular formula is C17H24N2O3.